The van der Waals surface area contributed by atoms with Crippen molar-refractivity contribution in [2.24, 2.45) is 0 Å². The number of hydrogen-bond donors (Lipinski definition) is 2. The predicted octanol–water partition coefficient (Wildman–Crippen LogP) is 4.10. The van der Waals surface area contributed by atoms with Gasteiger partial charge in [-0.25, -0.2) is 4.39 Å². The van der Waals surface area contributed by atoms with Crippen LogP contribution in [0.3, 0.4) is 0 Å². The normalized spacial score (nSPS) is 10.3. The summed E-state index contributed by atoms with van der Waals surface area (Å²) >= 11 is 11.9. The minimum Gasteiger partial charge on any atom is -0.379 e. The summed E-state index contributed by atoms with van der Waals surface area (Å²) in [6, 6.07) is 9.49. The summed E-state index contributed by atoms with van der Waals surface area (Å²) in [4.78, 5) is 11.4. The molecule has 2 rings (SSSR count). The smallest absolute Gasteiger partial charge is 0.251 e. The van der Waals surface area contributed by atoms with Crippen molar-refractivity contribution in [3.8, 4) is 0 Å². The second kappa shape index (κ2) is 6.78. The van der Waals surface area contributed by atoms with Gasteiger partial charge in [-0.2, -0.15) is 0 Å². The lowest BCUT2D eigenvalue weighted by Crippen LogP contribution is -2.17. The number of amides is 1. The van der Waals surface area contributed by atoms with Crippen LogP contribution in [0.1, 0.15) is 15.9 Å². The largest absolute Gasteiger partial charge is 0.379 e. The zero-order valence-electron chi connectivity index (χ0n) is 11.2. The maximum atomic E-state index is 13.1. The van der Waals surface area contributed by atoms with Gasteiger partial charge < -0.3 is 10.6 Å². The standard InChI is InChI=1S/C15H13Cl2FN2O/c1-19-15(21)10-4-2-9(3-5-10)8-20-14-12(16)6-11(18)7-13(14)17/h2-7,20H,8H2,1H3,(H,19,21). The number of nitrogens with one attached hydrogen (secondary N) is 2. The van der Waals surface area contributed by atoms with E-state index in [4.69, 9.17) is 23.2 Å². The molecule has 0 spiro atoms. The van der Waals surface area contributed by atoms with Gasteiger partial charge in [0.05, 0.1) is 15.7 Å². The van der Waals surface area contributed by atoms with Gasteiger partial charge in [0.25, 0.3) is 5.91 Å². The number of anilines is 1. The van der Waals surface area contributed by atoms with Gasteiger partial charge >= 0.3 is 0 Å². The molecular weight excluding hydrogens is 314 g/mol. The summed E-state index contributed by atoms with van der Waals surface area (Å²) in [5.74, 6) is -0.621. The molecule has 0 aliphatic heterocycles. The van der Waals surface area contributed by atoms with Crippen LogP contribution in [0, 0.1) is 5.82 Å². The maximum Gasteiger partial charge on any atom is 0.251 e. The lowest BCUT2D eigenvalue weighted by atomic mass is 10.1. The number of carbonyl (C=O) groups excluding carboxylic acids is 1. The Morgan fingerprint density at radius 1 is 1.14 bits per heavy atom. The quantitative estimate of drug-likeness (QED) is 0.887. The number of carbonyl (C=O) groups is 1. The second-order valence-corrected chi connectivity index (χ2v) is 5.19. The van der Waals surface area contributed by atoms with Crippen LogP contribution in [0.5, 0.6) is 0 Å². The summed E-state index contributed by atoms with van der Waals surface area (Å²) < 4.78 is 13.1. The molecule has 0 aliphatic rings. The minimum atomic E-state index is -0.481. The molecular formula is C15H13Cl2FN2O. The highest BCUT2D eigenvalue weighted by Gasteiger charge is 2.08. The molecule has 0 heterocycles. The maximum absolute atomic E-state index is 13.1. The zero-order valence-corrected chi connectivity index (χ0v) is 12.7. The lowest BCUT2D eigenvalue weighted by Gasteiger charge is -2.11. The molecule has 2 aromatic rings. The summed E-state index contributed by atoms with van der Waals surface area (Å²) in [5, 5.41) is 6.06. The minimum absolute atomic E-state index is 0.140. The fraction of sp³-hybridized carbons (Fsp3) is 0.133. The number of halogens is 3. The molecule has 110 valence electrons. The summed E-state index contributed by atoms with van der Waals surface area (Å²) in [5.41, 5.74) is 2.01. The Bertz CT molecular complexity index is 636. The van der Waals surface area contributed by atoms with Crippen LogP contribution >= 0.6 is 23.2 Å². The average Bonchev–Trinajstić information content (AvgIpc) is 2.46. The Balaban J connectivity index is 2.08. The van der Waals surface area contributed by atoms with Gasteiger partial charge in [-0.15, -0.1) is 0 Å². The highest BCUT2D eigenvalue weighted by molar-refractivity contribution is 6.39. The van der Waals surface area contributed by atoms with Crippen molar-refractivity contribution < 1.29 is 9.18 Å². The van der Waals surface area contributed by atoms with Gasteiger partial charge in [0.15, 0.2) is 0 Å². The number of benzene rings is 2. The topological polar surface area (TPSA) is 41.1 Å². The van der Waals surface area contributed by atoms with E-state index in [0.717, 1.165) is 5.56 Å². The average molecular weight is 327 g/mol. The molecule has 0 bridgehead atoms. The van der Waals surface area contributed by atoms with Crippen molar-refractivity contribution in [2.75, 3.05) is 12.4 Å². The summed E-state index contributed by atoms with van der Waals surface area (Å²) in [6.45, 7) is 0.457. The van der Waals surface area contributed by atoms with E-state index in [1.165, 1.54) is 12.1 Å². The van der Waals surface area contributed by atoms with Crippen LogP contribution < -0.4 is 10.6 Å². The van der Waals surface area contributed by atoms with E-state index in [-0.39, 0.29) is 16.0 Å². The number of hydrogen-bond acceptors (Lipinski definition) is 2. The van der Waals surface area contributed by atoms with E-state index in [0.29, 0.717) is 17.8 Å². The third-order valence-corrected chi connectivity index (χ3v) is 3.52. The van der Waals surface area contributed by atoms with Crippen molar-refractivity contribution in [3.05, 3.63) is 63.4 Å². The van der Waals surface area contributed by atoms with Crippen molar-refractivity contribution in [1.82, 2.24) is 5.32 Å². The van der Waals surface area contributed by atoms with Crippen molar-refractivity contribution in [3.63, 3.8) is 0 Å². The first kappa shape index (κ1) is 15.6. The van der Waals surface area contributed by atoms with Gasteiger partial charge in [0, 0.05) is 19.2 Å². The highest BCUT2D eigenvalue weighted by atomic mass is 35.5. The molecule has 2 aromatic carbocycles. The Morgan fingerprint density at radius 2 is 1.71 bits per heavy atom. The van der Waals surface area contributed by atoms with E-state index in [1.807, 2.05) is 12.1 Å². The Hall–Kier alpha value is -1.78. The van der Waals surface area contributed by atoms with E-state index < -0.39 is 5.82 Å². The first-order valence-corrected chi connectivity index (χ1v) is 6.96. The van der Waals surface area contributed by atoms with Crippen molar-refractivity contribution in [2.45, 2.75) is 6.54 Å². The first-order chi connectivity index (χ1) is 10.0. The molecule has 0 saturated carbocycles. The van der Waals surface area contributed by atoms with Gasteiger partial charge in [-0.3, -0.25) is 4.79 Å². The molecule has 0 atom stereocenters. The van der Waals surface area contributed by atoms with Crippen LogP contribution in [-0.4, -0.2) is 13.0 Å². The van der Waals surface area contributed by atoms with Gasteiger partial charge in [-0.05, 0) is 29.8 Å². The Kier molecular flexibility index (Phi) is 5.04. The monoisotopic (exact) mass is 326 g/mol. The molecule has 1 amide bonds. The molecule has 2 N–H and O–H groups in total. The van der Waals surface area contributed by atoms with E-state index >= 15 is 0 Å². The van der Waals surface area contributed by atoms with Crippen LogP contribution in [0.4, 0.5) is 10.1 Å². The van der Waals surface area contributed by atoms with Gasteiger partial charge in [-0.1, -0.05) is 35.3 Å². The highest BCUT2D eigenvalue weighted by Crippen LogP contribution is 2.31. The zero-order chi connectivity index (χ0) is 15.4. The molecule has 0 aromatic heterocycles. The molecule has 0 radical (unpaired) electrons. The van der Waals surface area contributed by atoms with Crippen molar-refractivity contribution >= 4 is 34.8 Å². The lowest BCUT2D eigenvalue weighted by molar-refractivity contribution is 0.0963. The van der Waals surface area contributed by atoms with Crippen LogP contribution in [0.2, 0.25) is 10.0 Å². The van der Waals surface area contributed by atoms with Crippen LogP contribution in [0.25, 0.3) is 0 Å². The number of rotatable bonds is 4. The SMILES string of the molecule is CNC(=O)c1ccc(CNc2c(Cl)cc(F)cc2Cl)cc1. The molecule has 3 nitrogen and oxygen atoms in total. The molecule has 0 aliphatic carbocycles. The molecule has 0 saturated heterocycles. The van der Waals surface area contributed by atoms with Crippen LogP contribution in [-0.2, 0) is 6.54 Å². The first-order valence-electron chi connectivity index (χ1n) is 6.20. The summed E-state index contributed by atoms with van der Waals surface area (Å²) in [6.07, 6.45) is 0. The van der Waals surface area contributed by atoms with E-state index in [1.54, 1.807) is 19.2 Å². The van der Waals surface area contributed by atoms with Crippen molar-refractivity contribution in [1.29, 1.82) is 0 Å². The van der Waals surface area contributed by atoms with Gasteiger partial charge in [0.1, 0.15) is 5.82 Å². The van der Waals surface area contributed by atoms with E-state index in [9.17, 15) is 9.18 Å². The Morgan fingerprint density at radius 3 is 2.24 bits per heavy atom. The second-order valence-electron chi connectivity index (χ2n) is 4.37. The predicted molar refractivity (Wildman–Crippen MR) is 83.6 cm³/mol. The molecule has 6 heteroatoms. The fourth-order valence-corrected chi connectivity index (χ4v) is 2.41. The fourth-order valence-electron chi connectivity index (χ4n) is 1.82. The Labute approximate surface area is 132 Å². The molecule has 21 heavy (non-hydrogen) atoms. The van der Waals surface area contributed by atoms with Crippen LogP contribution in [0.15, 0.2) is 36.4 Å². The van der Waals surface area contributed by atoms with E-state index in [2.05, 4.69) is 10.6 Å². The molecule has 0 unspecified atom stereocenters. The molecule has 0 fully saturated rings. The summed E-state index contributed by atoms with van der Waals surface area (Å²) in [7, 11) is 1.58. The third kappa shape index (κ3) is 3.86. The van der Waals surface area contributed by atoms with Gasteiger partial charge in [0.2, 0.25) is 0 Å². The third-order valence-electron chi connectivity index (χ3n) is 2.92.